The van der Waals surface area contributed by atoms with Gasteiger partial charge in [0, 0.05) is 18.9 Å². The lowest BCUT2D eigenvalue weighted by atomic mass is 10.1. The number of carboxylic acids is 1. The predicted molar refractivity (Wildman–Crippen MR) is 83.6 cm³/mol. The summed E-state index contributed by atoms with van der Waals surface area (Å²) in [6, 6.07) is 10.1. The molecular formula is C17H20N2O3. The molecule has 0 aliphatic heterocycles. The van der Waals surface area contributed by atoms with Crippen LogP contribution < -0.4 is 5.32 Å². The lowest BCUT2D eigenvalue weighted by molar-refractivity contribution is -0.124. The standard InChI is InChI=1S/C17H20N2O3/c1-2-5-15(19-10-3-4-11-19)16(20)18-12-13-6-8-14(9-7-13)17(21)22/h3-4,6-11,15H,2,5,12H2,1H3,(H,18,20)(H,21,22). The van der Waals surface area contributed by atoms with Gasteiger partial charge in [0.05, 0.1) is 5.56 Å². The molecule has 0 bridgehead atoms. The van der Waals surface area contributed by atoms with Crippen LogP contribution in [0.3, 0.4) is 0 Å². The first-order valence-electron chi connectivity index (χ1n) is 7.34. The Morgan fingerprint density at radius 2 is 1.82 bits per heavy atom. The van der Waals surface area contributed by atoms with Gasteiger partial charge in [0.25, 0.3) is 0 Å². The number of aromatic carboxylic acids is 1. The van der Waals surface area contributed by atoms with Crippen LogP contribution in [0.5, 0.6) is 0 Å². The third-order valence-corrected chi connectivity index (χ3v) is 3.52. The smallest absolute Gasteiger partial charge is 0.335 e. The van der Waals surface area contributed by atoms with E-state index in [-0.39, 0.29) is 17.5 Å². The molecule has 2 rings (SSSR count). The molecule has 1 heterocycles. The van der Waals surface area contributed by atoms with Gasteiger partial charge in [0.15, 0.2) is 0 Å². The van der Waals surface area contributed by atoms with Crippen LogP contribution >= 0.6 is 0 Å². The molecule has 2 aromatic rings. The van der Waals surface area contributed by atoms with Crippen LogP contribution in [-0.4, -0.2) is 21.6 Å². The summed E-state index contributed by atoms with van der Waals surface area (Å²) in [5.74, 6) is -0.980. The predicted octanol–water partition coefficient (Wildman–Crippen LogP) is 2.84. The molecule has 22 heavy (non-hydrogen) atoms. The van der Waals surface area contributed by atoms with Crippen molar-refractivity contribution in [3.05, 3.63) is 59.9 Å². The average Bonchev–Trinajstić information content (AvgIpc) is 3.04. The molecule has 0 saturated carbocycles. The van der Waals surface area contributed by atoms with Crippen LogP contribution in [0.15, 0.2) is 48.8 Å². The van der Waals surface area contributed by atoms with Crippen molar-refractivity contribution in [2.75, 3.05) is 0 Å². The fourth-order valence-electron chi connectivity index (χ4n) is 2.32. The largest absolute Gasteiger partial charge is 0.478 e. The first kappa shape index (κ1) is 15.8. The second kappa shape index (κ2) is 7.45. The van der Waals surface area contributed by atoms with Crippen molar-refractivity contribution in [2.24, 2.45) is 0 Å². The number of hydrogen-bond acceptors (Lipinski definition) is 2. The summed E-state index contributed by atoms with van der Waals surface area (Å²) >= 11 is 0. The fraction of sp³-hybridized carbons (Fsp3) is 0.294. The molecule has 5 heteroatoms. The van der Waals surface area contributed by atoms with Crippen molar-refractivity contribution >= 4 is 11.9 Å². The van der Waals surface area contributed by atoms with E-state index in [1.807, 2.05) is 29.1 Å². The molecular weight excluding hydrogens is 280 g/mol. The number of nitrogens with zero attached hydrogens (tertiary/aromatic N) is 1. The van der Waals surface area contributed by atoms with Gasteiger partial charge in [-0.15, -0.1) is 0 Å². The minimum Gasteiger partial charge on any atom is -0.478 e. The van der Waals surface area contributed by atoms with Crippen molar-refractivity contribution < 1.29 is 14.7 Å². The molecule has 2 N–H and O–H groups in total. The summed E-state index contributed by atoms with van der Waals surface area (Å²) in [4.78, 5) is 23.2. The zero-order valence-corrected chi connectivity index (χ0v) is 12.5. The Kier molecular flexibility index (Phi) is 5.36. The van der Waals surface area contributed by atoms with Crippen molar-refractivity contribution in [1.29, 1.82) is 0 Å². The van der Waals surface area contributed by atoms with Crippen LogP contribution in [0, 0.1) is 0 Å². The number of aromatic nitrogens is 1. The van der Waals surface area contributed by atoms with Gasteiger partial charge in [-0.05, 0) is 36.2 Å². The number of nitrogens with one attached hydrogen (secondary N) is 1. The summed E-state index contributed by atoms with van der Waals surface area (Å²) in [6.07, 6.45) is 5.48. The Morgan fingerprint density at radius 3 is 2.36 bits per heavy atom. The second-order valence-electron chi connectivity index (χ2n) is 5.15. The maximum atomic E-state index is 12.4. The van der Waals surface area contributed by atoms with Gasteiger partial charge in [0.1, 0.15) is 6.04 Å². The highest BCUT2D eigenvalue weighted by atomic mass is 16.4. The molecule has 5 nitrogen and oxygen atoms in total. The zero-order chi connectivity index (χ0) is 15.9. The summed E-state index contributed by atoms with van der Waals surface area (Å²) in [5, 5.41) is 11.8. The van der Waals surface area contributed by atoms with E-state index in [1.54, 1.807) is 24.3 Å². The van der Waals surface area contributed by atoms with Gasteiger partial charge in [0.2, 0.25) is 5.91 Å². The van der Waals surface area contributed by atoms with Gasteiger partial charge in [-0.25, -0.2) is 4.79 Å². The molecule has 0 saturated heterocycles. The molecule has 1 aromatic heterocycles. The highest BCUT2D eigenvalue weighted by Gasteiger charge is 2.18. The third-order valence-electron chi connectivity index (χ3n) is 3.52. The summed E-state index contributed by atoms with van der Waals surface area (Å²) in [7, 11) is 0. The van der Waals surface area contributed by atoms with Gasteiger partial charge in [-0.3, -0.25) is 4.79 Å². The van der Waals surface area contributed by atoms with E-state index in [1.165, 1.54) is 0 Å². The zero-order valence-electron chi connectivity index (χ0n) is 12.5. The van der Waals surface area contributed by atoms with Crippen LogP contribution in [0.25, 0.3) is 0 Å². The number of amides is 1. The van der Waals surface area contributed by atoms with Gasteiger partial charge < -0.3 is 15.0 Å². The van der Waals surface area contributed by atoms with Crippen LogP contribution in [0.1, 0.15) is 41.7 Å². The van der Waals surface area contributed by atoms with E-state index in [0.29, 0.717) is 6.54 Å². The van der Waals surface area contributed by atoms with E-state index in [4.69, 9.17) is 5.11 Å². The summed E-state index contributed by atoms with van der Waals surface area (Å²) in [5.41, 5.74) is 1.12. The number of carboxylic acid groups (broad SMARTS) is 1. The van der Waals surface area contributed by atoms with Gasteiger partial charge in [-0.1, -0.05) is 25.5 Å². The van der Waals surface area contributed by atoms with E-state index in [2.05, 4.69) is 12.2 Å². The first-order valence-corrected chi connectivity index (χ1v) is 7.34. The lowest BCUT2D eigenvalue weighted by Crippen LogP contribution is -2.31. The molecule has 0 fully saturated rings. The lowest BCUT2D eigenvalue weighted by Gasteiger charge is -2.18. The first-order chi connectivity index (χ1) is 10.6. The number of benzene rings is 1. The van der Waals surface area contributed by atoms with E-state index in [9.17, 15) is 9.59 Å². The highest BCUT2D eigenvalue weighted by molar-refractivity contribution is 5.87. The second-order valence-corrected chi connectivity index (χ2v) is 5.15. The molecule has 0 radical (unpaired) electrons. The number of hydrogen-bond donors (Lipinski definition) is 2. The normalized spacial score (nSPS) is 11.9. The van der Waals surface area contributed by atoms with Crippen molar-refractivity contribution in [3.8, 4) is 0 Å². The Labute approximate surface area is 129 Å². The van der Waals surface area contributed by atoms with Gasteiger partial charge >= 0.3 is 5.97 Å². The molecule has 1 atom stereocenters. The topological polar surface area (TPSA) is 71.3 Å². The molecule has 0 aliphatic carbocycles. The monoisotopic (exact) mass is 300 g/mol. The Bertz CT molecular complexity index is 618. The van der Waals surface area contributed by atoms with Crippen molar-refractivity contribution in [2.45, 2.75) is 32.4 Å². The molecule has 116 valence electrons. The minimum atomic E-state index is -0.953. The quantitative estimate of drug-likeness (QED) is 0.826. The van der Waals surface area contributed by atoms with Crippen molar-refractivity contribution in [1.82, 2.24) is 9.88 Å². The summed E-state index contributed by atoms with van der Waals surface area (Å²) < 4.78 is 1.91. The van der Waals surface area contributed by atoms with Crippen LogP contribution in [0.4, 0.5) is 0 Å². The maximum Gasteiger partial charge on any atom is 0.335 e. The minimum absolute atomic E-state index is 0.0274. The van der Waals surface area contributed by atoms with Crippen molar-refractivity contribution in [3.63, 3.8) is 0 Å². The van der Waals surface area contributed by atoms with Crippen LogP contribution in [-0.2, 0) is 11.3 Å². The molecule has 1 unspecified atom stereocenters. The average molecular weight is 300 g/mol. The van der Waals surface area contributed by atoms with E-state index < -0.39 is 5.97 Å². The fourth-order valence-corrected chi connectivity index (χ4v) is 2.32. The Hall–Kier alpha value is -2.56. The number of carbonyl (C=O) groups excluding carboxylic acids is 1. The van der Waals surface area contributed by atoms with Gasteiger partial charge in [-0.2, -0.15) is 0 Å². The highest BCUT2D eigenvalue weighted by Crippen LogP contribution is 2.14. The Morgan fingerprint density at radius 1 is 1.18 bits per heavy atom. The maximum absolute atomic E-state index is 12.4. The molecule has 0 aliphatic rings. The molecule has 1 amide bonds. The van der Waals surface area contributed by atoms with E-state index >= 15 is 0 Å². The molecule has 0 spiro atoms. The number of carbonyl (C=O) groups is 2. The Balaban J connectivity index is 1.97. The van der Waals surface area contributed by atoms with E-state index in [0.717, 1.165) is 18.4 Å². The molecule has 1 aromatic carbocycles. The number of rotatable bonds is 7. The van der Waals surface area contributed by atoms with Crippen LogP contribution in [0.2, 0.25) is 0 Å². The SMILES string of the molecule is CCCC(C(=O)NCc1ccc(C(=O)O)cc1)n1cccc1. The summed E-state index contributed by atoms with van der Waals surface area (Å²) in [6.45, 7) is 2.44. The third kappa shape index (κ3) is 3.97.